The van der Waals surface area contributed by atoms with E-state index >= 15 is 0 Å². The molecule has 136 valence electrons. The molecule has 0 spiro atoms. The summed E-state index contributed by atoms with van der Waals surface area (Å²) in [6, 6.07) is 12.5. The van der Waals surface area contributed by atoms with E-state index in [1.165, 1.54) is 12.1 Å². The quantitative estimate of drug-likeness (QED) is 0.779. The van der Waals surface area contributed by atoms with E-state index in [1.807, 2.05) is 0 Å². The van der Waals surface area contributed by atoms with Crippen molar-refractivity contribution in [1.29, 1.82) is 0 Å². The van der Waals surface area contributed by atoms with Gasteiger partial charge < -0.3 is 5.11 Å². The van der Waals surface area contributed by atoms with Crippen molar-refractivity contribution in [2.75, 3.05) is 0 Å². The number of hydrogen-bond donors (Lipinski definition) is 1. The van der Waals surface area contributed by atoms with Crippen molar-refractivity contribution in [3.63, 3.8) is 0 Å². The minimum atomic E-state index is -5.06. The summed E-state index contributed by atoms with van der Waals surface area (Å²) in [6.45, 7) is 1.79. The maximum absolute atomic E-state index is 13.6. The second-order valence-electron chi connectivity index (χ2n) is 6.03. The van der Waals surface area contributed by atoms with E-state index in [9.17, 15) is 23.1 Å². The zero-order valence-electron chi connectivity index (χ0n) is 13.6. The van der Waals surface area contributed by atoms with E-state index in [0.717, 1.165) is 10.0 Å². The number of nitrogens with zero attached hydrogens (tertiary/aromatic N) is 2. The summed E-state index contributed by atoms with van der Waals surface area (Å²) < 4.78 is 41.4. The standard InChI is InChI=1S/C18H14BrF3N2O2/c1-11-2-4-13(5-3-11)16(25)24-17(26,18(20,21)22)10-15(23-24)12-6-8-14(19)9-7-12/h2-9,26H,10H2,1H3/t17-/m1/s1. The smallest absolute Gasteiger partial charge is 0.362 e. The van der Waals surface area contributed by atoms with Crippen molar-refractivity contribution in [2.24, 2.45) is 5.10 Å². The van der Waals surface area contributed by atoms with Crippen LogP contribution in [0.5, 0.6) is 0 Å². The fourth-order valence-electron chi connectivity index (χ4n) is 2.60. The summed E-state index contributed by atoms with van der Waals surface area (Å²) in [5.74, 6) is -1.02. The Morgan fingerprint density at radius 1 is 1.15 bits per heavy atom. The number of carbonyl (C=O) groups is 1. The number of amides is 1. The maximum atomic E-state index is 13.6. The SMILES string of the molecule is Cc1ccc(C(=O)N2N=C(c3ccc(Br)cc3)C[C@@]2(O)C(F)(F)F)cc1. The molecule has 2 aromatic carbocycles. The van der Waals surface area contributed by atoms with Gasteiger partial charge in [0.15, 0.2) is 0 Å². The van der Waals surface area contributed by atoms with Crippen molar-refractivity contribution in [3.05, 3.63) is 69.7 Å². The van der Waals surface area contributed by atoms with Crippen LogP contribution in [-0.2, 0) is 0 Å². The van der Waals surface area contributed by atoms with Crippen LogP contribution in [0.25, 0.3) is 0 Å². The predicted molar refractivity (Wildman–Crippen MR) is 93.6 cm³/mol. The molecule has 1 aliphatic rings. The highest BCUT2D eigenvalue weighted by Crippen LogP contribution is 2.42. The van der Waals surface area contributed by atoms with Crippen molar-refractivity contribution >= 4 is 27.5 Å². The molecular weight excluding hydrogens is 413 g/mol. The number of benzene rings is 2. The first kappa shape index (κ1) is 18.6. The Morgan fingerprint density at radius 2 is 1.73 bits per heavy atom. The molecule has 8 heteroatoms. The number of hydrogen-bond acceptors (Lipinski definition) is 3. The lowest BCUT2D eigenvalue weighted by atomic mass is 10.0. The number of hydrazone groups is 1. The molecule has 26 heavy (non-hydrogen) atoms. The molecule has 0 fully saturated rings. The normalized spacial score (nSPS) is 20.2. The summed E-state index contributed by atoms with van der Waals surface area (Å²) >= 11 is 3.25. The fraction of sp³-hybridized carbons (Fsp3) is 0.222. The van der Waals surface area contributed by atoms with Crippen LogP contribution in [0, 0.1) is 6.92 Å². The molecule has 0 saturated carbocycles. The molecule has 2 aromatic rings. The molecular formula is C18H14BrF3N2O2. The van der Waals surface area contributed by atoms with Gasteiger partial charge >= 0.3 is 6.18 Å². The van der Waals surface area contributed by atoms with E-state index in [2.05, 4.69) is 21.0 Å². The predicted octanol–water partition coefficient (Wildman–Crippen LogP) is 4.26. The summed E-state index contributed by atoms with van der Waals surface area (Å²) in [5, 5.41) is 14.3. The van der Waals surface area contributed by atoms with Crippen LogP contribution in [0.15, 0.2) is 58.1 Å². The van der Waals surface area contributed by atoms with Gasteiger partial charge in [0.1, 0.15) is 0 Å². The van der Waals surface area contributed by atoms with Crippen molar-refractivity contribution in [1.82, 2.24) is 5.01 Å². The molecule has 0 radical (unpaired) electrons. The van der Waals surface area contributed by atoms with Crippen LogP contribution in [0.3, 0.4) is 0 Å². The third-order valence-corrected chi connectivity index (χ3v) is 4.64. The number of carbonyl (C=O) groups excluding carboxylic acids is 1. The zero-order chi connectivity index (χ0) is 19.1. The summed E-state index contributed by atoms with van der Waals surface area (Å²) in [5.41, 5.74) is -2.14. The van der Waals surface area contributed by atoms with Gasteiger partial charge in [0.05, 0.1) is 12.1 Å². The number of rotatable bonds is 2. The van der Waals surface area contributed by atoms with Crippen molar-refractivity contribution < 1.29 is 23.1 Å². The van der Waals surface area contributed by atoms with Gasteiger partial charge in [-0.05, 0) is 36.8 Å². The first-order valence-corrected chi connectivity index (χ1v) is 8.45. The second kappa shape index (κ2) is 6.51. The van der Waals surface area contributed by atoms with Crippen LogP contribution < -0.4 is 0 Å². The van der Waals surface area contributed by atoms with E-state index in [-0.39, 0.29) is 16.3 Å². The zero-order valence-corrected chi connectivity index (χ0v) is 15.2. The largest absolute Gasteiger partial charge is 0.438 e. The molecule has 1 N–H and O–H groups in total. The van der Waals surface area contributed by atoms with Gasteiger partial charge in [-0.15, -0.1) is 0 Å². The molecule has 3 rings (SSSR count). The topological polar surface area (TPSA) is 52.9 Å². The number of alkyl halides is 3. The lowest BCUT2D eigenvalue weighted by molar-refractivity contribution is -0.297. The first-order chi connectivity index (χ1) is 12.1. The third-order valence-electron chi connectivity index (χ3n) is 4.11. The Morgan fingerprint density at radius 3 is 2.27 bits per heavy atom. The minimum absolute atomic E-state index is 0.0130. The molecule has 0 aliphatic carbocycles. The Bertz CT molecular complexity index is 864. The molecule has 0 unspecified atom stereocenters. The van der Waals surface area contributed by atoms with Crippen LogP contribution >= 0.6 is 15.9 Å². The van der Waals surface area contributed by atoms with E-state index in [0.29, 0.717) is 5.56 Å². The lowest BCUT2D eigenvalue weighted by Gasteiger charge is -2.32. The second-order valence-corrected chi connectivity index (χ2v) is 6.94. The Labute approximate surface area is 156 Å². The molecule has 0 saturated heterocycles. The van der Waals surface area contributed by atoms with Crippen LogP contribution in [0.4, 0.5) is 13.2 Å². The average molecular weight is 427 g/mol. The van der Waals surface area contributed by atoms with Gasteiger partial charge in [-0.3, -0.25) is 4.79 Å². The van der Waals surface area contributed by atoms with Crippen LogP contribution in [0.2, 0.25) is 0 Å². The van der Waals surface area contributed by atoms with Crippen LogP contribution in [0.1, 0.15) is 27.9 Å². The Kier molecular flexibility index (Phi) is 4.66. The molecule has 1 amide bonds. The molecule has 4 nitrogen and oxygen atoms in total. The minimum Gasteiger partial charge on any atom is -0.362 e. The highest BCUT2D eigenvalue weighted by Gasteiger charge is 2.63. The maximum Gasteiger partial charge on any atom is 0.438 e. The van der Waals surface area contributed by atoms with Gasteiger partial charge in [-0.1, -0.05) is 45.8 Å². The van der Waals surface area contributed by atoms with Gasteiger partial charge in [-0.25, -0.2) is 0 Å². The highest BCUT2D eigenvalue weighted by atomic mass is 79.9. The Hall–Kier alpha value is -2.19. The van der Waals surface area contributed by atoms with Crippen molar-refractivity contribution in [2.45, 2.75) is 25.2 Å². The first-order valence-electron chi connectivity index (χ1n) is 7.65. The van der Waals surface area contributed by atoms with Crippen molar-refractivity contribution in [3.8, 4) is 0 Å². The summed E-state index contributed by atoms with van der Waals surface area (Å²) in [4.78, 5) is 12.6. The monoisotopic (exact) mass is 426 g/mol. The molecule has 1 heterocycles. The van der Waals surface area contributed by atoms with E-state index in [4.69, 9.17) is 0 Å². The van der Waals surface area contributed by atoms with Gasteiger partial charge in [-0.2, -0.15) is 23.3 Å². The lowest BCUT2D eigenvalue weighted by Crippen LogP contribution is -2.56. The number of halogens is 4. The van der Waals surface area contributed by atoms with E-state index in [1.54, 1.807) is 43.3 Å². The molecule has 1 atom stereocenters. The van der Waals surface area contributed by atoms with Gasteiger partial charge in [0.2, 0.25) is 0 Å². The number of aryl methyl sites for hydroxylation is 1. The number of aliphatic hydroxyl groups is 1. The fourth-order valence-corrected chi connectivity index (χ4v) is 2.87. The molecule has 0 aromatic heterocycles. The summed E-state index contributed by atoms with van der Waals surface area (Å²) in [6.07, 6.45) is -5.90. The highest BCUT2D eigenvalue weighted by molar-refractivity contribution is 9.10. The van der Waals surface area contributed by atoms with Crippen LogP contribution in [-0.4, -0.2) is 33.6 Å². The Balaban J connectivity index is 2.03. The average Bonchev–Trinajstić information content (AvgIpc) is 2.94. The van der Waals surface area contributed by atoms with Gasteiger partial charge in [0.25, 0.3) is 11.6 Å². The van der Waals surface area contributed by atoms with Gasteiger partial charge in [0, 0.05) is 10.0 Å². The third kappa shape index (κ3) is 3.26. The van der Waals surface area contributed by atoms with E-state index < -0.39 is 24.2 Å². The molecule has 1 aliphatic heterocycles. The summed E-state index contributed by atoms with van der Waals surface area (Å²) in [7, 11) is 0. The molecule has 0 bridgehead atoms.